The number of halogens is 6. The van der Waals surface area contributed by atoms with Crippen molar-refractivity contribution >= 4 is 51.4 Å². The Kier molecular flexibility index (Phi) is 9.97. The molecule has 0 saturated carbocycles. The molecule has 272 valence electrons. The molecule has 0 fully saturated rings. The second kappa shape index (κ2) is 14.8. The molecule has 2 aliphatic rings. The number of hydrogen-bond donors (Lipinski definition) is 0. The number of anilines is 4. The maximum Gasteiger partial charge on any atom is 0.393 e. The molecule has 0 aromatic heterocycles. The van der Waals surface area contributed by atoms with Gasteiger partial charge in [0.05, 0.1) is 24.2 Å². The molecule has 0 N–H and O–H groups in total. The highest BCUT2D eigenvalue weighted by Gasteiger charge is 2.29. The van der Waals surface area contributed by atoms with Crippen LogP contribution in [0.15, 0.2) is 145 Å². The molecule has 8 heteroatoms. The number of hydrogen-bond acceptors (Lipinski definition) is 2. The zero-order chi connectivity index (χ0) is 38.0. The van der Waals surface area contributed by atoms with Crippen molar-refractivity contribution in [2.75, 3.05) is 16.3 Å². The lowest BCUT2D eigenvalue weighted by Crippen LogP contribution is -2.25. The van der Waals surface area contributed by atoms with Gasteiger partial charge in [0.15, 0.2) is 0 Å². The minimum Gasteiger partial charge on any atom is -0.337 e. The molecular formula is C46H36F6N2. The van der Waals surface area contributed by atoms with Crippen LogP contribution in [0.3, 0.4) is 0 Å². The van der Waals surface area contributed by atoms with Gasteiger partial charge in [-0.2, -0.15) is 26.3 Å². The van der Waals surface area contributed by atoms with Crippen molar-refractivity contribution < 1.29 is 26.3 Å². The average Bonchev–Trinajstić information content (AvgIpc) is 3.45. The van der Waals surface area contributed by atoms with E-state index in [0.29, 0.717) is 6.54 Å². The van der Waals surface area contributed by atoms with Gasteiger partial charge in [-0.25, -0.2) is 0 Å². The third-order valence-corrected chi connectivity index (χ3v) is 9.46. The van der Waals surface area contributed by atoms with Crippen molar-refractivity contribution in [3.05, 3.63) is 177 Å². The summed E-state index contributed by atoms with van der Waals surface area (Å²) < 4.78 is 79.2. The summed E-state index contributed by atoms with van der Waals surface area (Å²) in [4.78, 5) is 4.14. The molecule has 0 radical (unpaired) electrons. The number of nitrogens with zero attached hydrogens (tertiary/aromatic N) is 2. The van der Waals surface area contributed by atoms with E-state index in [-0.39, 0.29) is 11.1 Å². The van der Waals surface area contributed by atoms with Crippen LogP contribution in [-0.2, 0) is 12.8 Å². The summed E-state index contributed by atoms with van der Waals surface area (Å²) in [5.74, 6) is 0. The molecule has 5 aromatic rings. The largest absolute Gasteiger partial charge is 0.393 e. The average molecular weight is 731 g/mol. The van der Waals surface area contributed by atoms with Gasteiger partial charge in [0.25, 0.3) is 0 Å². The van der Waals surface area contributed by atoms with Gasteiger partial charge in [0.2, 0.25) is 0 Å². The number of benzene rings is 5. The van der Waals surface area contributed by atoms with Crippen molar-refractivity contribution in [3.8, 4) is 0 Å². The van der Waals surface area contributed by atoms with Gasteiger partial charge in [-0.3, -0.25) is 0 Å². The predicted octanol–water partition coefficient (Wildman–Crippen LogP) is 11.5. The highest BCUT2D eigenvalue weighted by molar-refractivity contribution is 6.05. The summed E-state index contributed by atoms with van der Waals surface area (Å²) >= 11 is 0. The molecule has 5 aromatic carbocycles. The van der Waals surface area contributed by atoms with Crippen LogP contribution in [-0.4, -0.2) is 18.9 Å². The van der Waals surface area contributed by atoms with E-state index in [1.54, 1.807) is 24.3 Å². The molecule has 54 heavy (non-hydrogen) atoms. The van der Waals surface area contributed by atoms with Crippen LogP contribution in [0.1, 0.15) is 29.2 Å². The third-order valence-electron chi connectivity index (χ3n) is 9.46. The van der Waals surface area contributed by atoms with Crippen molar-refractivity contribution in [3.63, 3.8) is 0 Å². The monoisotopic (exact) mass is 730 g/mol. The maximum absolute atomic E-state index is 13.2. The van der Waals surface area contributed by atoms with Gasteiger partial charge in [-0.1, -0.05) is 91.1 Å². The number of rotatable bonds is 10. The normalized spacial score (nSPS) is 13.8. The topological polar surface area (TPSA) is 6.48 Å². The maximum atomic E-state index is 13.2. The van der Waals surface area contributed by atoms with E-state index in [1.165, 1.54) is 24.3 Å². The Morgan fingerprint density at radius 3 is 1.94 bits per heavy atom. The number of alkyl halides is 6. The van der Waals surface area contributed by atoms with Crippen LogP contribution in [0, 0.1) is 6.92 Å². The van der Waals surface area contributed by atoms with Gasteiger partial charge in [0.1, 0.15) is 0 Å². The molecular weight excluding hydrogens is 695 g/mol. The lowest BCUT2D eigenvalue weighted by atomic mass is 9.94. The highest BCUT2D eigenvalue weighted by atomic mass is 19.4. The fourth-order valence-corrected chi connectivity index (χ4v) is 7.05. The van der Waals surface area contributed by atoms with E-state index in [1.807, 2.05) is 92.8 Å². The van der Waals surface area contributed by atoms with Gasteiger partial charge in [-0.05, 0) is 95.9 Å². The van der Waals surface area contributed by atoms with Crippen LogP contribution in [0.5, 0.6) is 0 Å². The fraction of sp³-hybridized carbons (Fsp3) is 0.152. The molecule has 2 nitrogen and oxygen atoms in total. The minimum absolute atomic E-state index is 0.187. The smallest absolute Gasteiger partial charge is 0.337 e. The lowest BCUT2D eigenvalue weighted by molar-refractivity contribution is -0.128. The quantitative estimate of drug-likeness (QED) is 0.104. The first-order valence-electron chi connectivity index (χ1n) is 17.6. The summed E-state index contributed by atoms with van der Waals surface area (Å²) in [6.07, 6.45) is 5.37. The van der Waals surface area contributed by atoms with Gasteiger partial charge in [0, 0.05) is 45.2 Å². The molecule has 0 aliphatic heterocycles. The van der Waals surface area contributed by atoms with Crippen molar-refractivity contribution in [1.82, 2.24) is 0 Å². The summed E-state index contributed by atoms with van der Waals surface area (Å²) in [7, 11) is 0. The molecule has 0 amide bonds. The molecule has 7 rings (SSSR count). The van der Waals surface area contributed by atoms with Crippen LogP contribution in [0.2, 0.25) is 0 Å². The zero-order valence-corrected chi connectivity index (χ0v) is 29.6. The summed E-state index contributed by atoms with van der Waals surface area (Å²) in [5, 5.41) is 3.78. The molecule has 0 atom stereocenters. The Labute approximate surface area is 310 Å². The summed E-state index contributed by atoms with van der Waals surface area (Å²) in [5.41, 5.74) is 11.0. The second-order valence-electron chi connectivity index (χ2n) is 13.3. The first-order valence-corrected chi connectivity index (χ1v) is 17.6. The van der Waals surface area contributed by atoms with Crippen molar-refractivity contribution in [2.45, 2.75) is 39.0 Å². The lowest BCUT2D eigenvalue weighted by Gasteiger charge is -2.28. The van der Waals surface area contributed by atoms with E-state index in [0.717, 1.165) is 66.4 Å². The molecule has 0 heterocycles. The van der Waals surface area contributed by atoms with E-state index in [2.05, 4.69) is 33.7 Å². The fourth-order valence-electron chi connectivity index (χ4n) is 7.05. The van der Waals surface area contributed by atoms with E-state index < -0.39 is 25.2 Å². The van der Waals surface area contributed by atoms with Crippen LogP contribution in [0.4, 0.5) is 49.1 Å². The standard InChI is InChI=1S/C46H36F6N2/c1-3-4-5-9-26-53(36-19-12-32(13-20-36)29-45(47,48)49)42-25-18-34-16-24-40-43(27-31(2)39-23-17-35(42)28-41(34)44(39)40)54(37-10-7-6-8-11-37)38-21-14-33(15-22-38)30-46(50,51)52/h3-25,27H,26,29-30H2,1-2H3/b4-3-,9-5-. The van der Waals surface area contributed by atoms with Gasteiger partial charge >= 0.3 is 12.4 Å². The SMILES string of the molecule is C/C=C\C=C/CN(C1=CC=c2ccc3c(N(c4ccccc4)c4ccc(CC(F)(F)F)cc4)cc(C)c4c3c2=C=C1C=C4)c1ccc(CC(F)(F)F)cc1. The Bertz CT molecular complexity index is 2480. The number of para-hydroxylation sites is 1. The van der Waals surface area contributed by atoms with E-state index in [4.69, 9.17) is 0 Å². The van der Waals surface area contributed by atoms with E-state index in [9.17, 15) is 26.3 Å². The van der Waals surface area contributed by atoms with E-state index >= 15 is 0 Å². The van der Waals surface area contributed by atoms with Crippen LogP contribution >= 0.6 is 0 Å². The molecule has 2 bridgehead atoms. The Morgan fingerprint density at radius 2 is 1.31 bits per heavy atom. The van der Waals surface area contributed by atoms with Crippen molar-refractivity contribution in [2.24, 2.45) is 0 Å². The molecule has 0 saturated heterocycles. The first-order chi connectivity index (χ1) is 25.9. The molecule has 0 unspecified atom stereocenters. The third kappa shape index (κ3) is 7.85. The second-order valence-corrected chi connectivity index (χ2v) is 13.3. The predicted molar refractivity (Wildman–Crippen MR) is 208 cm³/mol. The Balaban J connectivity index is 1.39. The summed E-state index contributed by atoms with van der Waals surface area (Å²) in [6.45, 7) is 4.43. The summed E-state index contributed by atoms with van der Waals surface area (Å²) in [6, 6.07) is 29.0. The molecule has 0 spiro atoms. The molecule has 2 aliphatic carbocycles. The number of aryl methyl sites for hydroxylation is 1. The van der Waals surface area contributed by atoms with Crippen LogP contribution in [0.25, 0.3) is 28.7 Å². The first kappa shape index (κ1) is 36.4. The Morgan fingerprint density at radius 1 is 0.685 bits per heavy atom. The number of allylic oxidation sites excluding steroid dienone is 5. The minimum atomic E-state index is -4.31. The van der Waals surface area contributed by atoms with Crippen molar-refractivity contribution in [1.29, 1.82) is 0 Å². The van der Waals surface area contributed by atoms with Gasteiger partial charge in [-0.15, -0.1) is 5.73 Å². The zero-order valence-electron chi connectivity index (χ0n) is 29.6. The van der Waals surface area contributed by atoms with Crippen LogP contribution < -0.4 is 20.2 Å². The Hall–Kier alpha value is -5.98. The highest BCUT2D eigenvalue weighted by Crippen LogP contribution is 2.41. The van der Waals surface area contributed by atoms with Gasteiger partial charge < -0.3 is 9.80 Å².